The molecule has 0 saturated carbocycles. The molecule has 21 heavy (non-hydrogen) atoms. The summed E-state index contributed by atoms with van der Waals surface area (Å²) >= 11 is 6.12. The smallest absolute Gasteiger partial charge is 0.208 e. The molecule has 1 unspecified atom stereocenters. The van der Waals surface area contributed by atoms with Crippen molar-refractivity contribution in [2.45, 2.75) is 25.3 Å². The molecule has 0 aliphatic heterocycles. The van der Waals surface area contributed by atoms with Gasteiger partial charge in [-0.05, 0) is 31.5 Å². The van der Waals surface area contributed by atoms with Crippen LogP contribution >= 0.6 is 11.6 Å². The average Bonchev–Trinajstić information content (AvgIpc) is 2.72. The highest BCUT2D eigenvalue weighted by Crippen LogP contribution is 2.25. The van der Waals surface area contributed by atoms with Gasteiger partial charge in [-0.1, -0.05) is 0 Å². The van der Waals surface area contributed by atoms with E-state index >= 15 is 0 Å². The maximum atomic E-state index is 13.4. The number of fused-ring (bicyclic) bond motifs is 1. The van der Waals surface area contributed by atoms with Crippen LogP contribution in [0.25, 0.3) is 11.0 Å². The molecular weight excluding hydrogens is 317 g/mol. The zero-order valence-corrected chi connectivity index (χ0v) is 13.4. The first-order chi connectivity index (χ1) is 9.78. The van der Waals surface area contributed by atoms with Crippen molar-refractivity contribution < 1.29 is 12.8 Å². The fourth-order valence-electron chi connectivity index (χ4n) is 2.15. The highest BCUT2D eigenvalue weighted by molar-refractivity contribution is 7.88. The molecular formula is C13H17ClFN3O2S. The standard InChI is InChI=1S/C13H17ClFN3O2S/c1-9(14)13-17-11-5-4-10(15)8-12(11)18(13)7-3-6-16-21(2,19)20/h4-5,8-9,16H,3,6-7H2,1-2H3. The summed E-state index contributed by atoms with van der Waals surface area (Å²) in [5.74, 6) is 0.309. The van der Waals surface area contributed by atoms with Crippen LogP contribution in [-0.4, -0.2) is 30.8 Å². The maximum Gasteiger partial charge on any atom is 0.208 e. The molecule has 1 atom stereocenters. The van der Waals surface area contributed by atoms with Crippen LogP contribution in [0.1, 0.15) is 24.5 Å². The Kier molecular flexibility index (Phi) is 4.85. The third-order valence-corrected chi connectivity index (χ3v) is 3.94. The third kappa shape index (κ3) is 4.15. The Morgan fingerprint density at radius 1 is 1.48 bits per heavy atom. The summed E-state index contributed by atoms with van der Waals surface area (Å²) < 4.78 is 39.7. The maximum absolute atomic E-state index is 13.4. The lowest BCUT2D eigenvalue weighted by molar-refractivity contribution is 0.572. The second kappa shape index (κ2) is 6.29. The van der Waals surface area contributed by atoms with Crippen molar-refractivity contribution in [2.75, 3.05) is 12.8 Å². The number of imidazole rings is 1. The molecule has 8 heteroatoms. The van der Waals surface area contributed by atoms with Gasteiger partial charge in [0.2, 0.25) is 10.0 Å². The number of sulfonamides is 1. The molecule has 1 heterocycles. The van der Waals surface area contributed by atoms with Crippen molar-refractivity contribution in [2.24, 2.45) is 0 Å². The van der Waals surface area contributed by atoms with Gasteiger partial charge in [0.25, 0.3) is 0 Å². The van der Waals surface area contributed by atoms with Crippen LogP contribution in [-0.2, 0) is 16.6 Å². The summed E-state index contributed by atoms with van der Waals surface area (Å²) in [5, 5.41) is -0.316. The second-order valence-electron chi connectivity index (χ2n) is 4.89. The van der Waals surface area contributed by atoms with Crippen molar-refractivity contribution in [3.63, 3.8) is 0 Å². The number of aromatic nitrogens is 2. The van der Waals surface area contributed by atoms with E-state index < -0.39 is 10.0 Å². The van der Waals surface area contributed by atoms with Gasteiger partial charge in [-0.2, -0.15) is 0 Å². The lowest BCUT2D eigenvalue weighted by Gasteiger charge is -2.10. The molecule has 0 saturated heterocycles. The Hall–Kier alpha value is -1.18. The topological polar surface area (TPSA) is 64.0 Å². The number of alkyl halides is 1. The van der Waals surface area contributed by atoms with Gasteiger partial charge in [0, 0.05) is 13.1 Å². The first-order valence-electron chi connectivity index (χ1n) is 6.52. The summed E-state index contributed by atoms with van der Waals surface area (Å²) in [6.07, 6.45) is 1.67. The molecule has 1 aromatic heterocycles. The van der Waals surface area contributed by atoms with Gasteiger partial charge in [-0.3, -0.25) is 0 Å². The van der Waals surface area contributed by atoms with Gasteiger partial charge in [0.15, 0.2) is 0 Å². The van der Waals surface area contributed by atoms with Crippen LogP contribution in [0.5, 0.6) is 0 Å². The van der Waals surface area contributed by atoms with E-state index in [1.54, 1.807) is 13.0 Å². The number of nitrogens with zero attached hydrogens (tertiary/aromatic N) is 2. The van der Waals surface area contributed by atoms with E-state index in [1.165, 1.54) is 12.1 Å². The first-order valence-corrected chi connectivity index (χ1v) is 8.85. The lowest BCUT2D eigenvalue weighted by Crippen LogP contribution is -2.24. The molecule has 0 fully saturated rings. The number of halogens is 2. The molecule has 0 bridgehead atoms. The Morgan fingerprint density at radius 3 is 2.81 bits per heavy atom. The van der Waals surface area contributed by atoms with E-state index in [0.717, 1.165) is 6.26 Å². The summed E-state index contributed by atoms with van der Waals surface area (Å²) in [5.41, 5.74) is 1.34. The van der Waals surface area contributed by atoms with E-state index in [-0.39, 0.29) is 11.2 Å². The molecule has 5 nitrogen and oxygen atoms in total. The Labute approximate surface area is 128 Å². The molecule has 0 aliphatic rings. The quantitative estimate of drug-likeness (QED) is 0.652. The van der Waals surface area contributed by atoms with Gasteiger partial charge in [0.05, 0.1) is 22.7 Å². The predicted octanol–water partition coefficient (Wildman–Crippen LogP) is 2.41. The molecule has 0 amide bonds. The van der Waals surface area contributed by atoms with Crippen LogP contribution in [0.2, 0.25) is 0 Å². The Balaban J connectivity index is 2.24. The van der Waals surface area contributed by atoms with E-state index in [0.29, 0.717) is 36.4 Å². The van der Waals surface area contributed by atoms with Gasteiger partial charge in [0.1, 0.15) is 11.6 Å². The van der Waals surface area contributed by atoms with Crippen LogP contribution in [0.15, 0.2) is 18.2 Å². The molecule has 0 radical (unpaired) electrons. The summed E-state index contributed by atoms with van der Waals surface area (Å²) in [6.45, 7) is 2.61. The number of hydrogen-bond acceptors (Lipinski definition) is 3. The third-order valence-electron chi connectivity index (χ3n) is 3.02. The zero-order chi connectivity index (χ0) is 15.6. The normalized spacial score (nSPS) is 13.7. The van der Waals surface area contributed by atoms with Crippen molar-refractivity contribution >= 4 is 32.7 Å². The van der Waals surface area contributed by atoms with E-state index in [9.17, 15) is 12.8 Å². The summed E-state index contributed by atoms with van der Waals surface area (Å²) in [6, 6.07) is 4.38. The average molecular weight is 334 g/mol. The van der Waals surface area contributed by atoms with Gasteiger partial charge in [-0.15, -0.1) is 11.6 Å². The molecule has 2 rings (SSSR count). The van der Waals surface area contributed by atoms with E-state index in [4.69, 9.17) is 11.6 Å². The van der Waals surface area contributed by atoms with Crippen molar-refractivity contribution in [1.82, 2.24) is 14.3 Å². The largest absolute Gasteiger partial charge is 0.327 e. The number of hydrogen-bond donors (Lipinski definition) is 1. The van der Waals surface area contributed by atoms with Gasteiger partial charge >= 0.3 is 0 Å². The summed E-state index contributed by atoms with van der Waals surface area (Å²) in [4.78, 5) is 4.41. The van der Waals surface area contributed by atoms with Crippen molar-refractivity contribution in [3.8, 4) is 0 Å². The van der Waals surface area contributed by atoms with Gasteiger partial charge < -0.3 is 4.57 Å². The first kappa shape index (κ1) is 16.2. The minimum Gasteiger partial charge on any atom is -0.327 e. The molecule has 1 aromatic carbocycles. The fraction of sp³-hybridized carbons (Fsp3) is 0.462. The Bertz CT molecular complexity index is 743. The SMILES string of the molecule is CC(Cl)c1nc2ccc(F)cc2n1CCCNS(C)(=O)=O. The lowest BCUT2D eigenvalue weighted by atomic mass is 10.3. The van der Waals surface area contributed by atoms with Crippen LogP contribution < -0.4 is 4.72 Å². The number of rotatable bonds is 6. The zero-order valence-electron chi connectivity index (χ0n) is 11.8. The second-order valence-corrected chi connectivity index (χ2v) is 7.38. The predicted molar refractivity (Wildman–Crippen MR) is 81.4 cm³/mol. The minimum absolute atomic E-state index is 0.309. The highest BCUT2D eigenvalue weighted by Gasteiger charge is 2.15. The molecule has 0 spiro atoms. The van der Waals surface area contributed by atoms with Gasteiger partial charge in [-0.25, -0.2) is 22.5 Å². The molecule has 2 aromatic rings. The number of benzene rings is 1. The van der Waals surface area contributed by atoms with E-state index in [2.05, 4.69) is 9.71 Å². The minimum atomic E-state index is -3.20. The van der Waals surface area contributed by atoms with Crippen molar-refractivity contribution in [3.05, 3.63) is 29.8 Å². The fourth-order valence-corrected chi connectivity index (χ4v) is 2.83. The number of nitrogens with one attached hydrogen (secondary N) is 1. The molecule has 0 aliphatic carbocycles. The molecule has 116 valence electrons. The Morgan fingerprint density at radius 2 is 2.19 bits per heavy atom. The monoisotopic (exact) mass is 333 g/mol. The van der Waals surface area contributed by atoms with E-state index in [1.807, 2.05) is 4.57 Å². The highest BCUT2D eigenvalue weighted by atomic mass is 35.5. The van der Waals surface area contributed by atoms with Crippen LogP contribution in [0, 0.1) is 5.82 Å². The van der Waals surface area contributed by atoms with Crippen LogP contribution in [0.4, 0.5) is 4.39 Å². The van der Waals surface area contributed by atoms with Crippen LogP contribution in [0.3, 0.4) is 0 Å². The molecule has 1 N–H and O–H groups in total. The number of aryl methyl sites for hydroxylation is 1. The van der Waals surface area contributed by atoms with Crippen molar-refractivity contribution in [1.29, 1.82) is 0 Å². The summed E-state index contributed by atoms with van der Waals surface area (Å²) in [7, 11) is -3.20.